The molecule has 86 valence electrons. The molecular formula is C10H17NO4. The molecule has 0 unspecified atom stereocenters. The number of nitrogens with zero attached hydrogens (tertiary/aromatic N) is 1. The van der Waals surface area contributed by atoms with E-state index >= 15 is 0 Å². The highest BCUT2D eigenvalue weighted by Crippen LogP contribution is 2.22. The Balaban J connectivity index is 2.79. The molecule has 1 fully saturated rings. The van der Waals surface area contributed by atoms with Crippen LogP contribution in [0.15, 0.2) is 0 Å². The standard InChI is InChI=1S/C10H17NO4/c1-10(2,15-3)9(14)11-6-4-5-7(11)8(12)13/h7H,4-6H2,1-3H3,(H,12,13)/t7-/m1/s1. The first-order valence-corrected chi connectivity index (χ1v) is 4.99. The topological polar surface area (TPSA) is 66.8 Å². The average molecular weight is 215 g/mol. The lowest BCUT2D eigenvalue weighted by molar-refractivity contribution is -0.158. The minimum atomic E-state index is -0.946. The first-order valence-electron chi connectivity index (χ1n) is 4.99. The molecule has 1 aliphatic rings. The van der Waals surface area contributed by atoms with E-state index in [0.29, 0.717) is 13.0 Å². The van der Waals surface area contributed by atoms with Crippen LogP contribution in [0.2, 0.25) is 0 Å². The van der Waals surface area contributed by atoms with E-state index in [1.54, 1.807) is 13.8 Å². The number of rotatable bonds is 3. The molecule has 1 saturated heterocycles. The van der Waals surface area contributed by atoms with Crippen molar-refractivity contribution in [3.63, 3.8) is 0 Å². The molecule has 1 aliphatic heterocycles. The lowest BCUT2D eigenvalue weighted by Crippen LogP contribution is -2.50. The van der Waals surface area contributed by atoms with Crippen LogP contribution in [-0.2, 0) is 14.3 Å². The third-order valence-electron chi connectivity index (χ3n) is 2.82. The van der Waals surface area contributed by atoms with Crippen molar-refractivity contribution in [2.45, 2.75) is 38.3 Å². The van der Waals surface area contributed by atoms with Gasteiger partial charge in [-0.3, -0.25) is 4.79 Å². The number of ether oxygens (including phenoxy) is 1. The van der Waals surface area contributed by atoms with E-state index in [1.807, 2.05) is 0 Å². The molecule has 0 radical (unpaired) electrons. The Kier molecular flexibility index (Phi) is 3.34. The fourth-order valence-electron chi connectivity index (χ4n) is 1.70. The largest absolute Gasteiger partial charge is 0.480 e. The molecule has 0 bridgehead atoms. The van der Waals surface area contributed by atoms with Crippen molar-refractivity contribution in [2.75, 3.05) is 13.7 Å². The van der Waals surface area contributed by atoms with Crippen molar-refractivity contribution < 1.29 is 19.4 Å². The van der Waals surface area contributed by atoms with Crippen molar-refractivity contribution in [1.82, 2.24) is 4.90 Å². The second kappa shape index (κ2) is 4.18. The molecular weight excluding hydrogens is 198 g/mol. The highest BCUT2D eigenvalue weighted by atomic mass is 16.5. The molecule has 0 aliphatic carbocycles. The van der Waals surface area contributed by atoms with Crippen LogP contribution in [0.5, 0.6) is 0 Å². The van der Waals surface area contributed by atoms with Gasteiger partial charge in [0.05, 0.1) is 0 Å². The van der Waals surface area contributed by atoms with Crippen molar-refractivity contribution in [3.05, 3.63) is 0 Å². The van der Waals surface area contributed by atoms with E-state index in [1.165, 1.54) is 12.0 Å². The minimum Gasteiger partial charge on any atom is -0.480 e. The van der Waals surface area contributed by atoms with Crippen LogP contribution in [0, 0.1) is 0 Å². The molecule has 0 spiro atoms. The summed E-state index contributed by atoms with van der Waals surface area (Å²) in [5, 5.41) is 8.94. The van der Waals surface area contributed by atoms with Crippen LogP contribution in [0.3, 0.4) is 0 Å². The van der Waals surface area contributed by atoms with Gasteiger partial charge in [0.2, 0.25) is 0 Å². The summed E-state index contributed by atoms with van der Waals surface area (Å²) in [6.45, 7) is 3.79. The summed E-state index contributed by atoms with van der Waals surface area (Å²) >= 11 is 0. The summed E-state index contributed by atoms with van der Waals surface area (Å²) in [6, 6.07) is -0.688. The highest BCUT2D eigenvalue weighted by Gasteiger charge is 2.40. The highest BCUT2D eigenvalue weighted by molar-refractivity contribution is 5.89. The van der Waals surface area contributed by atoms with Crippen molar-refractivity contribution in [3.8, 4) is 0 Å². The Bertz CT molecular complexity index is 275. The van der Waals surface area contributed by atoms with Crippen LogP contribution < -0.4 is 0 Å². The van der Waals surface area contributed by atoms with Crippen LogP contribution in [0.25, 0.3) is 0 Å². The normalized spacial score (nSPS) is 21.8. The van der Waals surface area contributed by atoms with Gasteiger partial charge in [0.25, 0.3) is 5.91 Å². The van der Waals surface area contributed by atoms with Crippen LogP contribution in [0.1, 0.15) is 26.7 Å². The molecule has 5 nitrogen and oxygen atoms in total. The first-order chi connectivity index (χ1) is 6.90. The zero-order valence-electron chi connectivity index (χ0n) is 9.32. The molecule has 1 amide bonds. The molecule has 0 aromatic carbocycles. The molecule has 1 rings (SSSR count). The van der Waals surface area contributed by atoms with Gasteiger partial charge < -0.3 is 14.7 Å². The minimum absolute atomic E-state index is 0.255. The van der Waals surface area contributed by atoms with Gasteiger partial charge in [0.15, 0.2) is 0 Å². The molecule has 15 heavy (non-hydrogen) atoms. The molecule has 0 saturated carbocycles. The lowest BCUT2D eigenvalue weighted by Gasteiger charge is -2.30. The van der Waals surface area contributed by atoms with E-state index in [0.717, 1.165) is 6.42 Å². The summed E-state index contributed by atoms with van der Waals surface area (Å²) in [6.07, 6.45) is 1.27. The number of carboxylic acid groups (broad SMARTS) is 1. The van der Waals surface area contributed by atoms with E-state index in [9.17, 15) is 9.59 Å². The zero-order chi connectivity index (χ0) is 11.6. The SMILES string of the molecule is COC(C)(C)C(=O)N1CCC[C@@H]1C(=O)O. The Hall–Kier alpha value is -1.10. The van der Waals surface area contributed by atoms with Crippen LogP contribution >= 0.6 is 0 Å². The average Bonchev–Trinajstić information content (AvgIpc) is 2.64. The van der Waals surface area contributed by atoms with Crippen LogP contribution in [-0.4, -0.2) is 47.2 Å². The number of amides is 1. The smallest absolute Gasteiger partial charge is 0.326 e. The lowest BCUT2D eigenvalue weighted by atomic mass is 10.1. The molecule has 0 aromatic heterocycles. The number of likely N-dealkylation sites (tertiary alicyclic amines) is 1. The fraction of sp³-hybridized carbons (Fsp3) is 0.800. The van der Waals surface area contributed by atoms with Gasteiger partial charge in [-0.05, 0) is 26.7 Å². The van der Waals surface area contributed by atoms with Gasteiger partial charge in [-0.1, -0.05) is 0 Å². The summed E-state index contributed by atoms with van der Waals surface area (Å²) in [5.74, 6) is -1.19. The monoisotopic (exact) mass is 215 g/mol. The number of carboxylic acids is 1. The number of hydrogen-bond donors (Lipinski definition) is 1. The van der Waals surface area contributed by atoms with Gasteiger partial charge in [-0.15, -0.1) is 0 Å². The molecule has 0 aromatic rings. The van der Waals surface area contributed by atoms with Crippen LogP contribution in [0.4, 0.5) is 0 Å². The second-order valence-electron chi connectivity index (χ2n) is 4.21. The predicted molar refractivity (Wildman–Crippen MR) is 53.5 cm³/mol. The van der Waals surface area contributed by atoms with Gasteiger partial charge in [0.1, 0.15) is 11.6 Å². The van der Waals surface area contributed by atoms with Crippen molar-refractivity contribution >= 4 is 11.9 Å². The second-order valence-corrected chi connectivity index (χ2v) is 4.21. The number of methoxy groups -OCH3 is 1. The Labute approximate surface area is 89.0 Å². The van der Waals surface area contributed by atoms with Gasteiger partial charge in [-0.25, -0.2) is 4.79 Å². The molecule has 5 heteroatoms. The third-order valence-corrected chi connectivity index (χ3v) is 2.82. The summed E-state index contributed by atoms with van der Waals surface area (Å²) in [7, 11) is 1.45. The maximum absolute atomic E-state index is 12.0. The predicted octanol–water partition coefficient (Wildman–Crippen LogP) is 0.487. The summed E-state index contributed by atoms with van der Waals surface area (Å²) in [4.78, 5) is 24.2. The van der Waals surface area contributed by atoms with E-state index in [2.05, 4.69) is 0 Å². The number of aliphatic carboxylic acids is 1. The summed E-state index contributed by atoms with van der Waals surface area (Å²) in [5.41, 5.74) is -0.946. The Morgan fingerprint density at radius 1 is 1.47 bits per heavy atom. The van der Waals surface area contributed by atoms with E-state index in [-0.39, 0.29) is 5.91 Å². The maximum Gasteiger partial charge on any atom is 0.326 e. The Morgan fingerprint density at radius 3 is 2.53 bits per heavy atom. The first kappa shape index (κ1) is 12.0. The number of hydrogen-bond acceptors (Lipinski definition) is 3. The Morgan fingerprint density at radius 2 is 2.07 bits per heavy atom. The molecule has 1 heterocycles. The van der Waals surface area contributed by atoms with Crippen molar-refractivity contribution in [2.24, 2.45) is 0 Å². The molecule has 1 N–H and O–H groups in total. The van der Waals surface area contributed by atoms with Crippen molar-refractivity contribution in [1.29, 1.82) is 0 Å². The quantitative estimate of drug-likeness (QED) is 0.744. The fourth-order valence-corrected chi connectivity index (χ4v) is 1.70. The van der Waals surface area contributed by atoms with Gasteiger partial charge >= 0.3 is 5.97 Å². The maximum atomic E-state index is 12.0. The van der Waals surface area contributed by atoms with Gasteiger partial charge in [0, 0.05) is 13.7 Å². The zero-order valence-corrected chi connectivity index (χ0v) is 9.32. The molecule has 1 atom stereocenters. The van der Waals surface area contributed by atoms with E-state index in [4.69, 9.17) is 9.84 Å². The third kappa shape index (κ3) is 2.28. The van der Waals surface area contributed by atoms with Gasteiger partial charge in [-0.2, -0.15) is 0 Å². The number of carbonyl (C=O) groups excluding carboxylic acids is 1. The number of carbonyl (C=O) groups is 2. The van der Waals surface area contributed by atoms with E-state index < -0.39 is 17.6 Å². The summed E-state index contributed by atoms with van der Waals surface area (Å²) < 4.78 is 5.06.